The van der Waals surface area contributed by atoms with Gasteiger partial charge in [-0.2, -0.15) is 5.10 Å². The molecule has 0 spiro atoms. The summed E-state index contributed by atoms with van der Waals surface area (Å²) in [6, 6.07) is 14.6. The molecule has 0 N–H and O–H groups in total. The summed E-state index contributed by atoms with van der Waals surface area (Å²) in [4.78, 5) is 25.1. The van der Waals surface area contributed by atoms with Gasteiger partial charge < -0.3 is 18.9 Å². The molecular weight excluding hydrogens is 388 g/mol. The van der Waals surface area contributed by atoms with E-state index < -0.39 is 11.4 Å². The number of fused-ring (bicyclic) bond motifs is 1. The SMILES string of the molecule is CCOC(=O)c1nn(-c2ccc3c(c2)OCCO3)cc(OCc2ccccc2)c1=O. The number of carbonyl (C=O) groups is 1. The van der Waals surface area contributed by atoms with Crippen molar-refractivity contribution >= 4 is 5.97 Å². The van der Waals surface area contributed by atoms with Crippen LogP contribution < -0.4 is 19.6 Å². The number of nitrogens with zero attached hydrogens (tertiary/aromatic N) is 2. The Bertz CT molecular complexity index is 1110. The van der Waals surface area contributed by atoms with Gasteiger partial charge in [0.05, 0.1) is 18.5 Å². The monoisotopic (exact) mass is 408 g/mol. The number of benzene rings is 2. The predicted molar refractivity (Wildman–Crippen MR) is 108 cm³/mol. The number of esters is 1. The van der Waals surface area contributed by atoms with Crippen molar-refractivity contribution in [2.24, 2.45) is 0 Å². The Morgan fingerprint density at radius 1 is 1.10 bits per heavy atom. The van der Waals surface area contributed by atoms with Gasteiger partial charge in [0.25, 0.3) is 5.43 Å². The first-order chi connectivity index (χ1) is 14.7. The largest absolute Gasteiger partial charge is 0.486 e. The van der Waals surface area contributed by atoms with E-state index in [1.54, 1.807) is 25.1 Å². The van der Waals surface area contributed by atoms with Gasteiger partial charge in [-0.1, -0.05) is 30.3 Å². The molecule has 1 aliphatic rings. The molecule has 8 nitrogen and oxygen atoms in total. The van der Waals surface area contributed by atoms with E-state index in [4.69, 9.17) is 18.9 Å². The molecular formula is C22H20N2O6. The molecule has 3 aromatic rings. The fourth-order valence-corrected chi connectivity index (χ4v) is 2.95. The van der Waals surface area contributed by atoms with Crippen LogP contribution in [0.4, 0.5) is 0 Å². The van der Waals surface area contributed by atoms with Crippen LogP contribution in [-0.2, 0) is 11.3 Å². The van der Waals surface area contributed by atoms with Crippen molar-refractivity contribution in [3.05, 3.63) is 76.2 Å². The van der Waals surface area contributed by atoms with Crippen LogP contribution in [0.1, 0.15) is 23.0 Å². The van der Waals surface area contributed by atoms with Gasteiger partial charge in [0.1, 0.15) is 19.8 Å². The summed E-state index contributed by atoms with van der Waals surface area (Å²) in [7, 11) is 0. The Hall–Kier alpha value is -3.81. The minimum Gasteiger partial charge on any atom is -0.486 e. The normalized spacial score (nSPS) is 12.3. The third kappa shape index (κ3) is 4.12. The third-order valence-corrected chi connectivity index (χ3v) is 4.38. The van der Waals surface area contributed by atoms with E-state index in [0.29, 0.717) is 30.4 Å². The van der Waals surface area contributed by atoms with Crippen LogP contribution in [0.2, 0.25) is 0 Å². The van der Waals surface area contributed by atoms with Gasteiger partial charge in [0.2, 0.25) is 5.69 Å². The average Bonchev–Trinajstić information content (AvgIpc) is 2.79. The summed E-state index contributed by atoms with van der Waals surface area (Å²) in [6.45, 7) is 2.87. The third-order valence-electron chi connectivity index (χ3n) is 4.38. The van der Waals surface area contributed by atoms with Crippen LogP contribution in [0.15, 0.2) is 59.5 Å². The average molecular weight is 408 g/mol. The molecule has 154 valence electrons. The first-order valence-electron chi connectivity index (χ1n) is 9.53. The zero-order valence-corrected chi connectivity index (χ0v) is 16.4. The Morgan fingerprint density at radius 2 is 1.87 bits per heavy atom. The van der Waals surface area contributed by atoms with Gasteiger partial charge in [0.15, 0.2) is 17.2 Å². The highest BCUT2D eigenvalue weighted by Gasteiger charge is 2.21. The van der Waals surface area contributed by atoms with Crippen LogP contribution in [0.3, 0.4) is 0 Å². The van der Waals surface area contributed by atoms with E-state index in [1.165, 1.54) is 10.9 Å². The minimum absolute atomic E-state index is 0.00760. The number of ether oxygens (including phenoxy) is 4. The van der Waals surface area contributed by atoms with Crippen LogP contribution in [-0.4, -0.2) is 35.6 Å². The van der Waals surface area contributed by atoms with Crippen LogP contribution in [0.25, 0.3) is 5.69 Å². The van der Waals surface area contributed by atoms with Crippen molar-refractivity contribution in [3.8, 4) is 22.9 Å². The summed E-state index contributed by atoms with van der Waals surface area (Å²) in [5.74, 6) is 0.367. The zero-order valence-electron chi connectivity index (χ0n) is 16.4. The lowest BCUT2D eigenvalue weighted by molar-refractivity contribution is 0.0514. The standard InChI is InChI=1S/C22H20N2O6/c1-2-27-22(26)20-21(25)19(30-14-15-6-4-3-5-7-15)13-24(23-20)16-8-9-17-18(12-16)29-11-10-28-17/h3-9,12-13H,2,10-11,14H2,1H3. The first kappa shape index (κ1) is 19.5. The maximum atomic E-state index is 12.8. The lowest BCUT2D eigenvalue weighted by atomic mass is 10.2. The maximum Gasteiger partial charge on any atom is 0.363 e. The first-order valence-corrected chi connectivity index (χ1v) is 9.53. The Kier molecular flexibility index (Phi) is 5.65. The molecule has 0 atom stereocenters. The molecule has 0 bridgehead atoms. The smallest absolute Gasteiger partial charge is 0.363 e. The number of hydrogen-bond donors (Lipinski definition) is 0. The number of rotatable bonds is 6. The van der Waals surface area contributed by atoms with Gasteiger partial charge in [0, 0.05) is 6.07 Å². The molecule has 2 aromatic carbocycles. The van der Waals surface area contributed by atoms with Crippen LogP contribution >= 0.6 is 0 Å². The van der Waals surface area contributed by atoms with E-state index in [1.807, 2.05) is 30.3 Å². The highest BCUT2D eigenvalue weighted by molar-refractivity contribution is 5.87. The topological polar surface area (TPSA) is 88.9 Å². The number of hydrogen-bond acceptors (Lipinski definition) is 7. The fraction of sp³-hybridized carbons (Fsp3) is 0.227. The molecule has 8 heteroatoms. The molecule has 0 aliphatic carbocycles. The summed E-state index contributed by atoms with van der Waals surface area (Å²) in [5.41, 5.74) is 0.488. The van der Waals surface area contributed by atoms with Gasteiger partial charge in [-0.3, -0.25) is 4.79 Å². The molecule has 1 aromatic heterocycles. The van der Waals surface area contributed by atoms with Crippen molar-refractivity contribution in [1.29, 1.82) is 0 Å². The van der Waals surface area contributed by atoms with Crippen molar-refractivity contribution in [3.63, 3.8) is 0 Å². The molecule has 0 saturated heterocycles. The summed E-state index contributed by atoms with van der Waals surface area (Å²) >= 11 is 0. The second-order valence-corrected chi connectivity index (χ2v) is 6.44. The van der Waals surface area contributed by atoms with Crippen molar-refractivity contribution in [2.75, 3.05) is 19.8 Å². The number of aromatic nitrogens is 2. The Morgan fingerprint density at radius 3 is 2.63 bits per heavy atom. The van der Waals surface area contributed by atoms with Crippen molar-refractivity contribution in [2.45, 2.75) is 13.5 Å². The fourth-order valence-electron chi connectivity index (χ4n) is 2.95. The maximum absolute atomic E-state index is 12.8. The molecule has 0 radical (unpaired) electrons. The van der Waals surface area contributed by atoms with E-state index in [2.05, 4.69) is 5.10 Å². The lowest BCUT2D eigenvalue weighted by Crippen LogP contribution is -2.25. The summed E-state index contributed by atoms with van der Waals surface area (Å²) < 4.78 is 23.3. The number of carbonyl (C=O) groups excluding carboxylic acids is 1. The second-order valence-electron chi connectivity index (χ2n) is 6.44. The molecule has 1 aliphatic heterocycles. The van der Waals surface area contributed by atoms with Crippen molar-refractivity contribution in [1.82, 2.24) is 9.78 Å². The van der Waals surface area contributed by atoms with E-state index >= 15 is 0 Å². The molecule has 0 fully saturated rings. The molecule has 2 heterocycles. The molecule has 0 amide bonds. The van der Waals surface area contributed by atoms with Gasteiger partial charge >= 0.3 is 5.97 Å². The van der Waals surface area contributed by atoms with Gasteiger partial charge in [-0.25, -0.2) is 9.48 Å². The Balaban J connectivity index is 1.73. The zero-order chi connectivity index (χ0) is 20.9. The second kappa shape index (κ2) is 8.69. The predicted octanol–water partition coefficient (Wildman–Crippen LogP) is 2.76. The lowest BCUT2D eigenvalue weighted by Gasteiger charge is -2.19. The van der Waals surface area contributed by atoms with Crippen LogP contribution in [0.5, 0.6) is 17.2 Å². The highest BCUT2D eigenvalue weighted by Crippen LogP contribution is 2.32. The summed E-state index contributed by atoms with van der Waals surface area (Å²) in [6.07, 6.45) is 1.44. The summed E-state index contributed by atoms with van der Waals surface area (Å²) in [5, 5.41) is 4.18. The van der Waals surface area contributed by atoms with Gasteiger partial charge in [-0.15, -0.1) is 0 Å². The van der Waals surface area contributed by atoms with E-state index in [-0.39, 0.29) is 24.7 Å². The quantitative estimate of drug-likeness (QED) is 0.580. The molecule has 0 unspecified atom stereocenters. The molecule has 30 heavy (non-hydrogen) atoms. The van der Waals surface area contributed by atoms with Gasteiger partial charge in [-0.05, 0) is 24.6 Å². The molecule has 4 rings (SSSR count). The van der Waals surface area contributed by atoms with E-state index in [9.17, 15) is 9.59 Å². The highest BCUT2D eigenvalue weighted by atomic mass is 16.6. The minimum atomic E-state index is -0.807. The Labute approximate surface area is 172 Å². The van der Waals surface area contributed by atoms with Crippen LogP contribution in [0, 0.1) is 0 Å². The molecule has 0 saturated carbocycles. The van der Waals surface area contributed by atoms with Crippen molar-refractivity contribution < 1.29 is 23.7 Å². The van der Waals surface area contributed by atoms with E-state index in [0.717, 1.165) is 5.56 Å².